The zero-order valence-corrected chi connectivity index (χ0v) is 18.4. The number of halogens is 2. The number of rotatable bonds is 7. The van der Waals surface area contributed by atoms with Crippen LogP contribution in [-0.4, -0.2) is 37.2 Å². The second-order valence-corrected chi connectivity index (χ2v) is 9.49. The summed E-state index contributed by atoms with van der Waals surface area (Å²) in [5, 5.41) is 2.75. The Morgan fingerprint density at radius 3 is 2.53 bits per heavy atom. The summed E-state index contributed by atoms with van der Waals surface area (Å²) in [5.74, 6) is -1.06. The van der Waals surface area contributed by atoms with Gasteiger partial charge in [0.25, 0.3) is 0 Å². The summed E-state index contributed by atoms with van der Waals surface area (Å²) in [6, 6.07) is 15.6. The number of hydrogen-bond donors (Lipinski definition) is 1. The molecule has 0 aliphatic carbocycles. The first-order chi connectivity index (χ1) is 14.3. The molecule has 1 atom stereocenters. The van der Waals surface area contributed by atoms with E-state index < -0.39 is 34.3 Å². The third-order valence-corrected chi connectivity index (χ3v) is 6.70. The Labute approximate surface area is 182 Å². The molecule has 1 unspecified atom stereocenters. The molecule has 0 radical (unpaired) electrons. The van der Waals surface area contributed by atoms with Crippen molar-refractivity contribution in [2.45, 2.75) is 10.9 Å². The molecule has 0 bridgehead atoms. The van der Waals surface area contributed by atoms with Crippen LogP contribution in [0.4, 0.5) is 4.39 Å². The van der Waals surface area contributed by atoms with Gasteiger partial charge in [-0.3, -0.25) is 9.78 Å². The first kappa shape index (κ1) is 22.1. The van der Waals surface area contributed by atoms with Gasteiger partial charge >= 0.3 is 0 Å². The quantitative estimate of drug-likeness (QED) is 0.548. The molecule has 3 rings (SSSR count). The summed E-state index contributed by atoms with van der Waals surface area (Å²) in [7, 11) is -2.58. The Bertz CT molecular complexity index is 1130. The molecule has 0 aliphatic heterocycles. The largest absolute Gasteiger partial charge is 0.344 e. The summed E-state index contributed by atoms with van der Waals surface area (Å²) in [5.41, 5.74) is 0.945. The SMILES string of the molecule is CN(CC(=O)NC(c1ccccc1)c1ccc(Br)cc1F)S(=O)(=O)c1cccnc1. The molecule has 3 aromatic rings. The van der Waals surface area contributed by atoms with Gasteiger partial charge in [0.1, 0.15) is 10.7 Å². The van der Waals surface area contributed by atoms with E-state index in [9.17, 15) is 17.6 Å². The first-order valence-electron chi connectivity index (χ1n) is 8.94. The summed E-state index contributed by atoms with van der Waals surface area (Å²) in [6.07, 6.45) is 2.68. The minimum atomic E-state index is -3.88. The monoisotopic (exact) mass is 491 g/mol. The summed E-state index contributed by atoms with van der Waals surface area (Å²) in [4.78, 5) is 16.5. The third-order valence-electron chi connectivity index (χ3n) is 4.42. The summed E-state index contributed by atoms with van der Waals surface area (Å²) >= 11 is 3.22. The second kappa shape index (κ2) is 9.46. The molecule has 0 saturated heterocycles. The van der Waals surface area contributed by atoms with Crippen LogP contribution < -0.4 is 5.32 Å². The third kappa shape index (κ3) is 5.10. The second-order valence-electron chi connectivity index (χ2n) is 6.53. The van der Waals surface area contributed by atoms with Gasteiger partial charge in [0.2, 0.25) is 15.9 Å². The number of nitrogens with zero attached hydrogens (tertiary/aromatic N) is 2. The fourth-order valence-electron chi connectivity index (χ4n) is 2.90. The molecular weight excluding hydrogens is 473 g/mol. The lowest BCUT2D eigenvalue weighted by Crippen LogP contribution is -2.40. The van der Waals surface area contributed by atoms with E-state index in [0.717, 1.165) is 4.31 Å². The van der Waals surface area contributed by atoms with Crippen LogP contribution in [0.3, 0.4) is 0 Å². The van der Waals surface area contributed by atoms with Crippen LogP contribution in [0.15, 0.2) is 82.4 Å². The van der Waals surface area contributed by atoms with Crippen LogP contribution >= 0.6 is 15.9 Å². The number of nitrogens with one attached hydrogen (secondary N) is 1. The number of likely N-dealkylation sites (N-methyl/N-ethyl adjacent to an activating group) is 1. The number of aromatic nitrogens is 1. The van der Waals surface area contributed by atoms with Gasteiger partial charge in [0.05, 0.1) is 12.6 Å². The van der Waals surface area contributed by atoms with Crippen molar-refractivity contribution in [3.63, 3.8) is 0 Å². The van der Waals surface area contributed by atoms with E-state index >= 15 is 0 Å². The van der Waals surface area contributed by atoms with E-state index in [-0.39, 0.29) is 10.5 Å². The van der Waals surface area contributed by atoms with E-state index in [1.807, 2.05) is 6.07 Å². The average molecular weight is 492 g/mol. The van der Waals surface area contributed by atoms with Crippen LogP contribution in [0.2, 0.25) is 0 Å². The van der Waals surface area contributed by atoms with E-state index in [1.54, 1.807) is 36.4 Å². The van der Waals surface area contributed by atoms with Gasteiger partial charge < -0.3 is 5.32 Å². The molecule has 0 saturated carbocycles. The highest BCUT2D eigenvalue weighted by atomic mass is 79.9. The van der Waals surface area contributed by atoms with Gasteiger partial charge in [-0.25, -0.2) is 12.8 Å². The van der Waals surface area contributed by atoms with Crippen molar-refractivity contribution in [1.82, 2.24) is 14.6 Å². The number of sulfonamides is 1. The number of benzene rings is 2. The van der Waals surface area contributed by atoms with E-state index in [1.165, 1.54) is 37.6 Å². The van der Waals surface area contributed by atoms with Gasteiger partial charge in [-0.15, -0.1) is 0 Å². The minimum absolute atomic E-state index is 0.0149. The Balaban J connectivity index is 1.83. The zero-order chi connectivity index (χ0) is 21.7. The lowest BCUT2D eigenvalue weighted by Gasteiger charge is -2.23. The minimum Gasteiger partial charge on any atom is -0.344 e. The normalized spacial score (nSPS) is 12.5. The fraction of sp³-hybridized carbons (Fsp3) is 0.143. The summed E-state index contributed by atoms with van der Waals surface area (Å²) in [6.45, 7) is -0.432. The van der Waals surface area contributed by atoms with Crippen molar-refractivity contribution in [2.24, 2.45) is 0 Å². The Morgan fingerprint density at radius 1 is 1.17 bits per heavy atom. The lowest BCUT2D eigenvalue weighted by molar-refractivity contribution is -0.121. The maximum atomic E-state index is 14.6. The van der Waals surface area contributed by atoms with Crippen molar-refractivity contribution in [3.8, 4) is 0 Å². The smallest absolute Gasteiger partial charge is 0.244 e. The lowest BCUT2D eigenvalue weighted by atomic mass is 9.98. The Morgan fingerprint density at radius 2 is 1.90 bits per heavy atom. The topological polar surface area (TPSA) is 79.4 Å². The van der Waals surface area contributed by atoms with Crippen LogP contribution in [-0.2, 0) is 14.8 Å². The molecular formula is C21H19BrFN3O3S. The highest BCUT2D eigenvalue weighted by molar-refractivity contribution is 9.10. The molecule has 1 heterocycles. The number of carbonyl (C=O) groups is 1. The standard InChI is InChI=1S/C21H19BrFN3O3S/c1-26(30(28,29)17-8-5-11-24-13-17)14-20(27)25-21(15-6-3-2-4-7-15)18-10-9-16(22)12-19(18)23/h2-13,21H,14H2,1H3,(H,25,27). The average Bonchev–Trinajstić information content (AvgIpc) is 2.73. The molecule has 0 fully saturated rings. The first-order valence-corrected chi connectivity index (χ1v) is 11.2. The van der Waals surface area contributed by atoms with Crippen LogP contribution in [0, 0.1) is 5.82 Å². The van der Waals surface area contributed by atoms with Crippen molar-refractivity contribution in [1.29, 1.82) is 0 Å². The highest BCUT2D eigenvalue weighted by Gasteiger charge is 2.26. The molecule has 1 N–H and O–H groups in total. The number of pyridine rings is 1. The van der Waals surface area contributed by atoms with Crippen LogP contribution in [0.1, 0.15) is 17.2 Å². The van der Waals surface area contributed by atoms with Gasteiger partial charge in [-0.1, -0.05) is 52.3 Å². The molecule has 2 aromatic carbocycles. The van der Waals surface area contributed by atoms with E-state index in [2.05, 4.69) is 26.2 Å². The predicted molar refractivity (Wildman–Crippen MR) is 115 cm³/mol. The molecule has 0 aliphatic rings. The van der Waals surface area contributed by atoms with Gasteiger partial charge in [0.15, 0.2) is 0 Å². The number of carbonyl (C=O) groups excluding carboxylic acids is 1. The molecule has 6 nitrogen and oxygen atoms in total. The molecule has 1 aromatic heterocycles. The molecule has 156 valence electrons. The van der Waals surface area contributed by atoms with Crippen molar-refractivity contribution >= 4 is 31.9 Å². The molecule has 30 heavy (non-hydrogen) atoms. The van der Waals surface area contributed by atoms with Gasteiger partial charge in [-0.05, 0) is 29.8 Å². The van der Waals surface area contributed by atoms with Crippen molar-refractivity contribution in [2.75, 3.05) is 13.6 Å². The predicted octanol–water partition coefficient (Wildman–Crippen LogP) is 3.51. The van der Waals surface area contributed by atoms with Gasteiger partial charge in [0, 0.05) is 29.5 Å². The van der Waals surface area contributed by atoms with Crippen LogP contribution in [0.25, 0.3) is 0 Å². The molecule has 0 spiro atoms. The van der Waals surface area contributed by atoms with Gasteiger partial charge in [-0.2, -0.15) is 4.31 Å². The van der Waals surface area contributed by atoms with Crippen LogP contribution in [0.5, 0.6) is 0 Å². The maximum absolute atomic E-state index is 14.6. The van der Waals surface area contributed by atoms with E-state index in [4.69, 9.17) is 0 Å². The Kier molecular flexibility index (Phi) is 6.96. The Hall–Kier alpha value is -2.62. The maximum Gasteiger partial charge on any atom is 0.244 e. The molecule has 9 heteroatoms. The van der Waals surface area contributed by atoms with Crippen molar-refractivity contribution in [3.05, 3.63) is 94.5 Å². The zero-order valence-electron chi connectivity index (χ0n) is 16.0. The van der Waals surface area contributed by atoms with E-state index in [0.29, 0.717) is 10.0 Å². The number of hydrogen-bond acceptors (Lipinski definition) is 4. The summed E-state index contributed by atoms with van der Waals surface area (Å²) < 4.78 is 41.4. The highest BCUT2D eigenvalue weighted by Crippen LogP contribution is 2.26. The molecule has 1 amide bonds. The van der Waals surface area contributed by atoms with Crippen molar-refractivity contribution < 1.29 is 17.6 Å². The number of amides is 1. The fourth-order valence-corrected chi connectivity index (χ4v) is 4.32.